The third-order valence-electron chi connectivity index (χ3n) is 2.19. The van der Waals surface area contributed by atoms with Crippen molar-refractivity contribution in [2.24, 2.45) is 0 Å². The number of benzene rings is 1. The SMILES string of the molecule is CCCCC(C)=C=Cc1ccccc1. The van der Waals surface area contributed by atoms with Crippen molar-refractivity contribution >= 4 is 6.08 Å². The van der Waals surface area contributed by atoms with E-state index < -0.39 is 0 Å². The molecule has 0 spiro atoms. The summed E-state index contributed by atoms with van der Waals surface area (Å²) in [5, 5.41) is 0. The van der Waals surface area contributed by atoms with Crippen LogP contribution in [0, 0.1) is 0 Å². The van der Waals surface area contributed by atoms with Crippen LogP contribution in [0.4, 0.5) is 0 Å². The molecule has 14 heavy (non-hydrogen) atoms. The Bertz CT molecular complexity index is 313. The van der Waals surface area contributed by atoms with Gasteiger partial charge in [-0.05, 0) is 37.0 Å². The van der Waals surface area contributed by atoms with Gasteiger partial charge in [-0.3, -0.25) is 0 Å². The molecule has 0 unspecified atom stereocenters. The minimum Gasteiger partial charge on any atom is -0.121 e. The van der Waals surface area contributed by atoms with E-state index in [0.29, 0.717) is 0 Å². The van der Waals surface area contributed by atoms with Gasteiger partial charge in [0.2, 0.25) is 0 Å². The fourth-order valence-corrected chi connectivity index (χ4v) is 1.27. The Hall–Kier alpha value is -1.26. The quantitative estimate of drug-likeness (QED) is 0.610. The first-order valence-corrected chi connectivity index (χ1v) is 5.30. The van der Waals surface area contributed by atoms with E-state index in [-0.39, 0.29) is 0 Å². The monoisotopic (exact) mass is 186 g/mol. The van der Waals surface area contributed by atoms with Crippen LogP contribution in [-0.2, 0) is 0 Å². The summed E-state index contributed by atoms with van der Waals surface area (Å²) in [4.78, 5) is 0. The van der Waals surface area contributed by atoms with Crippen molar-refractivity contribution < 1.29 is 0 Å². The standard InChI is InChI=1S/C14H18/c1-3-4-8-13(2)11-12-14-9-6-5-7-10-14/h5-7,9-10,12H,3-4,8H2,1-2H3. The van der Waals surface area contributed by atoms with Gasteiger partial charge in [-0.1, -0.05) is 43.7 Å². The highest BCUT2D eigenvalue weighted by molar-refractivity contribution is 5.48. The van der Waals surface area contributed by atoms with Crippen LogP contribution in [0.15, 0.2) is 41.6 Å². The van der Waals surface area contributed by atoms with Gasteiger partial charge in [0, 0.05) is 0 Å². The van der Waals surface area contributed by atoms with Crippen LogP contribution in [0.3, 0.4) is 0 Å². The van der Waals surface area contributed by atoms with E-state index in [1.807, 2.05) is 6.07 Å². The zero-order chi connectivity index (χ0) is 10.2. The van der Waals surface area contributed by atoms with E-state index >= 15 is 0 Å². The van der Waals surface area contributed by atoms with Gasteiger partial charge in [-0.15, -0.1) is 5.73 Å². The van der Waals surface area contributed by atoms with Gasteiger partial charge >= 0.3 is 0 Å². The molecule has 0 heteroatoms. The smallest absolute Gasteiger partial charge is 0.0128 e. The highest BCUT2D eigenvalue weighted by Gasteiger charge is 1.86. The van der Waals surface area contributed by atoms with E-state index in [2.05, 4.69) is 49.9 Å². The Balaban J connectivity index is 2.62. The predicted molar refractivity (Wildman–Crippen MR) is 63.1 cm³/mol. The summed E-state index contributed by atoms with van der Waals surface area (Å²) >= 11 is 0. The number of allylic oxidation sites excluding steroid dienone is 1. The molecule has 1 rings (SSSR count). The summed E-state index contributed by atoms with van der Waals surface area (Å²) in [5.74, 6) is 0. The number of hydrogen-bond donors (Lipinski definition) is 0. The molecule has 0 aliphatic heterocycles. The van der Waals surface area contributed by atoms with Crippen molar-refractivity contribution in [2.45, 2.75) is 33.1 Å². The number of hydrogen-bond acceptors (Lipinski definition) is 0. The molecule has 1 aromatic carbocycles. The molecule has 0 N–H and O–H groups in total. The van der Waals surface area contributed by atoms with Crippen molar-refractivity contribution in [1.82, 2.24) is 0 Å². The van der Waals surface area contributed by atoms with Crippen molar-refractivity contribution in [1.29, 1.82) is 0 Å². The lowest BCUT2D eigenvalue weighted by Gasteiger charge is -1.94. The van der Waals surface area contributed by atoms with Crippen LogP contribution in [0.1, 0.15) is 38.7 Å². The molecule has 0 atom stereocenters. The zero-order valence-electron chi connectivity index (χ0n) is 9.09. The van der Waals surface area contributed by atoms with Gasteiger partial charge in [0.05, 0.1) is 0 Å². The first-order valence-electron chi connectivity index (χ1n) is 5.30. The molecule has 0 aliphatic rings. The van der Waals surface area contributed by atoms with Gasteiger partial charge in [-0.25, -0.2) is 0 Å². The molecular formula is C14H18. The van der Waals surface area contributed by atoms with E-state index in [4.69, 9.17) is 0 Å². The largest absolute Gasteiger partial charge is 0.121 e. The summed E-state index contributed by atoms with van der Waals surface area (Å²) in [6, 6.07) is 10.3. The molecule has 0 bridgehead atoms. The topological polar surface area (TPSA) is 0 Å². The van der Waals surface area contributed by atoms with Crippen molar-refractivity contribution in [2.75, 3.05) is 0 Å². The molecular weight excluding hydrogens is 168 g/mol. The van der Waals surface area contributed by atoms with Crippen molar-refractivity contribution in [3.05, 3.63) is 47.2 Å². The Morgan fingerprint density at radius 3 is 2.64 bits per heavy atom. The minimum absolute atomic E-state index is 1.17. The first-order chi connectivity index (χ1) is 6.83. The highest BCUT2D eigenvalue weighted by Crippen LogP contribution is 2.06. The Morgan fingerprint density at radius 1 is 1.29 bits per heavy atom. The second-order valence-corrected chi connectivity index (χ2v) is 3.58. The Labute approximate surface area is 87.0 Å². The van der Waals surface area contributed by atoms with Crippen LogP contribution in [-0.4, -0.2) is 0 Å². The zero-order valence-corrected chi connectivity index (χ0v) is 9.09. The summed E-state index contributed by atoms with van der Waals surface area (Å²) < 4.78 is 0. The molecule has 1 aromatic rings. The van der Waals surface area contributed by atoms with Crippen LogP contribution < -0.4 is 0 Å². The molecule has 0 aliphatic carbocycles. The van der Waals surface area contributed by atoms with E-state index in [1.54, 1.807) is 0 Å². The van der Waals surface area contributed by atoms with Gasteiger partial charge in [0.25, 0.3) is 0 Å². The van der Waals surface area contributed by atoms with Crippen LogP contribution >= 0.6 is 0 Å². The van der Waals surface area contributed by atoms with Crippen LogP contribution in [0.5, 0.6) is 0 Å². The average Bonchev–Trinajstić information content (AvgIpc) is 2.25. The third kappa shape index (κ3) is 4.11. The van der Waals surface area contributed by atoms with Gasteiger partial charge in [0.1, 0.15) is 0 Å². The lowest BCUT2D eigenvalue weighted by atomic mass is 10.1. The normalized spacial score (nSPS) is 9.29. The number of unbranched alkanes of at least 4 members (excludes halogenated alkanes) is 1. The maximum atomic E-state index is 3.33. The average molecular weight is 186 g/mol. The van der Waals surface area contributed by atoms with E-state index in [1.165, 1.54) is 30.4 Å². The highest BCUT2D eigenvalue weighted by atomic mass is 13.9. The molecule has 0 saturated carbocycles. The molecule has 0 fully saturated rings. The van der Waals surface area contributed by atoms with Crippen LogP contribution in [0.2, 0.25) is 0 Å². The van der Waals surface area contributed by atoms with Gasteiger partial charge < -0.3 is 0 Å². The molecule has 0 aromatic heterocycles. The number of rotatable bonds is 4. The molecule has 0 amide bonds. The maximum absolute atomic E-state index is 3.33. The van der Waals surface area contributed by atoms with Crippen molar-refractivity contribution in [3.63, 3.8) is 0 Å². The fraction of sp³-hybridized carbons (Fsp3) is 0.357. The maximum Gasteiger partial charge on any atom is -0.0128 e. The molecule has 0 saturated heterocycles. The summed E-state index contributed by atoms with van der Waals surface area (Å²) in [6.45, 7) is 4.36. The second-order valence-electron chi connectivity index (χ2n) is 3.58. The summed E-state index contributed by atoms with van der Waals surface area (Å²) in [5.41, 5.74) is 5.89. The molecule has 0 nitrogen and oxygen atoms in total. The summed E-state index contributed by atoms with van der Waals surface area (Å²) in [6.07, 6.45) is 5.75. The molecule has 0 heterocycles. The third-order valence-corrected chi connectivity index (χ3v) is 2.19. The van der Waals surface area contributed by atoms with Gasteiger partial charge in [0.15, 0.2) is 0 Å². The molecule has 74 valence electrons. The van der Waals surface area contributed by atoms with Crippen molar-refractivity contribution in [3.8, 4) is 0 Å². The minimum atomic E-state index is 1.17. The van der Waals surface area contributed by atoms with Gasteiger partial charge in [-0.2, -0.15) is 0 Å². The lowest BCUT2D eigenvalue weighted by molar-refractivity contribution is 0.788. The van der Waals surface area contributed by atoms with E-state index in [0.717, 1.165) is 0 Å². The summed E-state index contributed by atoms with van der Waals surface area (Å²) in [7, 11) is 0. The fourth-order valence-electron chi connectivity index (χ4n) is 1.27. The Kier molecular flexibility index (Phi) is 4.82. The first kappa shape index (κ1) is 10.8. The second kappa shape index (κ2) is 6.23. The molecule has 0 radical (unpaired) electrons. The van der Waals surface area contributed by atoms with Crippen LogP contribution in [0.25, 0.3) is 6.08 Å². The Morgan fingerprint density at radius 2 is 2.00 bits per heavy atom. The van der Waals surface area contributed by atoms with E-state index in [9.17, 15) is 0 Å². The lowest BCUT2D eigenvalue weighted by Crippen LogP contribution is -1.74. The predicted octanol–water partition coefficient (Wildman–Crippen LogP) is 4.44.